The van der Waals surface area contributed by atoms with E-state index in [2.05, 4.69) is 0 Å². The molecule has 0 bridgehead atoms. The number of furan rings is 1. The lowest BCUT2D eigenvalue weighted by atomic mass is 10.0. The van der Waals surface area contributed by atoms with Crippen molar-refractivity contribution in [3.8, 4) is 11.5 Å². The van der Waals surface area contributed by atoms with Crippen molar-refractivity contribution < 1.29 is 23.5 Å². The van der Waals surface area contributed by atoms with Gasteiger partial charge in [-0.15, -0.1) is 0 Å². The topological polar surface area (TPSA) is 72.2 Å². The molecule has 0 atom stereocenters. The van der Waals surface area contributed by atoms with Gasteiger partial charge in [0.15, 0.2) is 17.3 Å². The van der Waals surface area contributed by atoms with E-state index in [4.69, 9.17) is 13.9 Å². The molecule has 7 nitrogen and oxygen atoms in total. The van der Waals surface area contributed by atoms with Crippen LogP contribution in [0.2, 0.25) is 0 Å². The average Bonchev–Trinajstić information content (AvgIpc) is 3.23. The van der Waals surface area contributed by atoms with Crippen molar-refractivity contribution in [2.24, 2.45) is 0 Å². The Bertz CT molecular complexity index is 838. The first-order valence-corrected chi connectivity index (χ1v) is 9.11. The van der Waals surface area contributed by atoms with Crippen molar-refractivity contribution in [3.05, 3.63) is 47.4 Å². The van der Waals surface area contributed by atoms with E-state index in [1.807, 2.05) is 24.0 Å². The van der Waals surface area contributed by atoms with Crippen LogP contribution in [0.25, 0.3) is 0 Å². The molecule has 1 aromatic carbocycles. The Morgan fingerprint density at radius 3 is 2.33 bits per heavy atom. The minimum atomic E-state index is -0.130. The predicted octanol–water partition coefficient (Wildman–Crippen LogP) is 1.89. The van der Waals surface area contributed by atoms with Crippen LogP contribution >= 0.6 is 0 Å². The second kappa shape index (κ2) is 7.34. The first-order chi connectivity index (χ1) is 13.1. The highest BCUT2D eigenvalue weighted by Gasteiger charge is 2.26. The number of amides is 2. The van der Waals surface area contributed by atoms with Crippen LogP contribution in [0.1, 0.15) is 21.7 Å². The fraction of sp³-hybridized carbons (Fsp3) is 0.400. The normalized spacial score (nSPS) is 16.3. The Morgan fingerprint density at radius 2 is 1.67 bits per heavy atom. The Morgan fingerprint density at radius 1 is 1.00 bits per heavy atom. The summed E-state index contributed by atoms with van der Waals surface area (Å²) in [4.78, 5) is 28.6. The zero-order valence-electron chi connectivity index (χ0n) is 15.3. The average molecular weight is 370 g/mol. The summed E-state index contributed by atoms with van der Waals surface area (Å²) >= 11 is 0. The molecule has 1 fully saturated rings. The van der Waals surface area contributed by atoms with Crippen molar-refractivity contribution in [2.45, 2.75) is 13.3 Å². The molecule has 1 saturated heterocycles. The number of nitrogens with zero attached hydrogens (tertiary/aromatic N) is 2. The molecule has 142 valence electrons. The van der Waals surface area contributed by atoms with Crippen LogP contribution in [0.3, 0.4) is 0 Å². The number of fused-ring (bicyclic) bond motifs is 1. The summed E-state index contributed by atoms with van der Waals surface area (Å²) in [5.74, 6) is 1.69. The van der Waals surface area contributed by atoms with E-state index in [1.54, 1.807) is 17.0 Å². The number of carbonyl (C=O) groups excluding carboxylic acids is 2. The van der Waals surface area contributed by atoms with Gasteiger partial charge in [0, 0.05) is 26.2 Å². The van der Waals surface area contributed by atoms with E-state index in [0.29, 0.717) is 57.3 Å². The van der Waals surface area contributed by atoms with E-state index in [0.717, 1.165) is 16.9 Å². The van der Waals surface area contributed by atoms with Crippen LogP contribution in [0, 0.1) is 6.92 Å². The zero-order valence-corrected chi connectivity index (χ0v) is 15.3. The molecule has 2 aliphatic heterocycles. The third kappa shape index (κ3) is 3.63. The summed E-state index contributed by atoms with van der Waals surface area (Å²) in [6, 6.07) is 7.18. The maximum absolute atomic E-state index is 12.7. The second-order valence-corrected chi connectivity index (χ2v) is 6.75. The van der Waals surface area contributed by atoms with Gasteiger partial charge in [-0.2, -0.15) is 0 Å². The third-order valence-corrected chi connectivity index (χ3v) is 4.99. The van der Waals surface area contributed by atoms with E-state index in [-0.39, 0.29) is 11.8 Å². The molecule has 4 rings (SSSR count). The minimum absolute atomic E-state index is 0.0554. The molecular weight excluding hydrogens is 348 g/mol. The molecule has 0 radical (unpaired) electrons. The molecule has 0 spiro atoms. The highest BCUT2D eigenvalue weighted by atomic mass is 16.6. The molecule has 1 aromatic heterocycles. The van der Waals surface area contributed by atoms with Gasteiger partial charge in [-0.1, -0.05) is 0 Å². The van der Waals surface area contributed by atoms with Gasteiger partial charge in [-0.25, -0.2) is 0 Å². The molecule has 3 heterocycles. The number of carbonyl (C=O) groups is 2. The molecule has 0 aliphatic carbocycles. The maximum atomic E-state index is 12.7. The highest BCUT2D eigenvalue weighted by Crippen LogP contribution is 2.33. The van der Waals surface area contributed by atoms with Gasteiger partial charge in [0.25, 0.3) is 5.91 Å². The van der Waals surface area contributed by atoms with E-state index in [1.165, 1.54) is 6.26 Å². The summed E-state index contributed by atoms with van der Waals surface area (Å²) in [5, 5.41) is 0. The largest absolute Gasteiger partial charge is 0.486 e. The Labute approximate surface area is 157 Å². The number of aryl methyl sites for hydroxylation is 1. The Balaban J connectivity index is 1.37. The number of ether oxygens (including phenoxy) is 2. The first kappa shape index (κ1) is 17.5. The van der Waals surface area contributed by atoms with Crippen molar-refractivity contribution in [3.63, 3.8) is 0 Å². The van der Waals surface area contributed by atoms with Gasteiger partial charge in [-0.05, 0) is 42.3 Å². The maximum Gasteiger partial charge on any atom is 0.289 e. The predicted molar refractivity (Wildman–Crippen MR) is 97.1 cm³/mol. The van der Waals surface area contributed by atoms with Crippen LogP contribution < -0.4 is 9.47 Å². The van der Waals surface area contributed by atoms with E-state index < -0.39 is 0 Å². The Hall–Kier alpha value is -2.96. The Kier molecular flexibility index (Phi) is 4.75. The van der Waals surface area contributed by atoms with Crippen LogP contribution in [-0.4, -0.2) is 61.0 Å². The van der Waals surface area contributed by atoms with Crippen LogP contribution in [0.15, 0.2) is 34.9 Å². The molecule has 0 saturated carbocycles. The van der Waals surface area contributed by atoms with Crippen molar-refractivity contribution in [1.82, 2.24) is 9.80 Å². The standard InChI is InChI=1S/C20H22N2O5/c1-14-11-17-18(27-10-9-26-17)12-15(14)13-19(23)21-4-6-22(7-5-21)20(24)16-3-2-8-25-16/h2-3,8,11-12H,4-7,9-10,13H2,1H3. The zero-order chi connectivity index (χ0) is 18.8. The molecule has 7 heteroatoms. The summed E-state index contributed by atoms with van der Waals surface area (Å²) in [5.41, 5.74) is 1.96. The molecular formula is C20H22N2O5. The second-order valence-electron chi connectivity index (χ2n) is 6.75. The number of hydrogen-bond acceptors (Lipinski definition) is 5. The highest BCUT2D eigenvalue weighted by molar-refractivity contribution is 5.91. The minimum Gasteiger partial charge on any atom is -0.486 e. The SMILES string of the molecule is Cc1cc2c(cc1CC(=O)N1CCN(C(=O)c3ccco3)CC1)OCCO2. The number of rotatable bonds is 3. The summed E-state index contributed by atoms with van der Waals surface area (Å²) < 4.78 is 16.4. The molecule has 0 unspecified atom stereocenters. The summed E-state index contributed by atoms with van der Waals surface area (Å²) in [7, 11) is 0. The lowest BCUT2D eigenvalue weighted by Gasteiger charge is -2.34. The molecule has 2 aromatic rings. The van der Waals surface area contributed by atoms with Gasteiger partial charge in [0.05, 0.1) is 12.7 Å². The van der Waals surface area contributed by atoms with Gasteiger partial charge in [0.1, 0.15) is 13.2 Å². The molecule has 2 amide bonds. The molecule has 27 heavy (non-hydrogen) atoms. The third-order valence-electron chi connectivity index (χ3n) is 4.99. The quantitative estimate of drug-likeness (QED) is 0.825. The lowest BCUT2D eigenvalue weighted by Crippen LogP contribution is -2.51. The van der Waals surface area contributed by atoms with Gasteiger partial charge < -0.3 is 23.7 Å². The van der Waals surface area contributed by atoms with E-state index in [9.17, 15) is 9.59 Å². The van der Waals surface area contributed by atoms with Crippen LogP contribution in [0.4, 0.5) is 0 Å². The van der Waals surface area contributed by atoms with Crippen molar-refractivity contribution in [1.29, 1.82) is 0 Å². The van der Waals surface area contributed by atoms with Gasteiger partial charge in [-0.3, -0.25) is 9.59 Å². The van der Waals surface area contributed by atoms with E-state index >= 15 is 0 Å². The van der Waals surface area contributed by atoms with Crippen LogP contribution in [0.5, 0.6) is 11.5 Å². The van der Waals surface area contributed by atoms with Gasteiger partial charge in [0.2, 0.25) is 5.91 Å². The fourth-order valence-electron chi connectivity index (χ4n) is 3.41. The summed E-state index contributed by atoms with van der Waals surface area (Å²) in [6.07, 6.45) is 1.80. The molecule has 2 aliphatic rings. The monoisotopic (exact) mass is 370 g/mol. The number of hydrogen-bond donors (Lipinski definition) is 0. The summed E-state index contributed by atoms with van der Waals surface area (Å²) in [6.45, 7) is 5.10. The fourth-order valence-corrected chi connectivity index (χ4v) is 3.41. The molecule has 0 N–H and O–H groups in total. The van der Waals surface area contributed by atoms with Crippen molar-refractivity contribution in [2.75, 3.05) is 39.4 Å². The smallest absolute Gasteiger partial charge is 0.289 e. The van der Waals surface area contributed by atoms with Gasteiger partial charge >= 0.3 is 0 Å². The number of benzene rings is 1. The number of piperazine rings is 1. The first-order valence-electron chi connectivity index (χ1n) is 9.11. The van der Waals surface area contributed by atoms with Crippen molar-refractivity contribution >= 4 is 11.8 Å². The van der Waals surface area contributed by atoms with Crippen LogP contribution in [-0.2, 0) is 11.2 Å². The lowest BCUT2D eigenvalue weighted by molar-refractivity contribution is -0.131.